The van der Waals surface area contributed by atoms with Crippen molar-refractivity contribution in [1.29, 1.82) is 0 Å². The van der Waals surface area contributed by atoms with Gasteiger partial charge in [0, 0.05) is 17.8 Å². The molecule has 0 spiro atoms. The maximum Gasteiger partial charge on any atom is 0.146 e. The van der Waals surface area contributed by atoms with Crippen molar-refractivity contribution in [3.63, 3.8) is 0 Å². The smallest absolute Gasteiger partial charge is 0.146 e. The molecule has 0 saturated heterocycles. The van der Waals surface area contributed by atoms with Crippen LogP contribution in [0.2, 0.25) is 0 Å². The van der Waals surface area contributed by atoms with E-state index >= 15 is 0 Å². The van der Waals surface area contributed by atoms with E-state index in [9.17, 15) is 4.39 Å². The van der Waals surface area contributed by atoms with E-state index in [1.807, 2.05) is 7.05 Å². The van der Waals surface area contributed by atoms with Gasteiger partial charge in [0.2, 0.25) is 0 Å². The number of nitrogens with zero attached hydrogens (tertiary/aromatic N) is 1. The first-order valence-corrected chi connectivity index (χ1v) is 5.56. The maximum atomic E-state index is 13.4. The molecular formula is C12H19FN2. The van der Waals surface area contributed by atoms with Crippen LogP contribution in [0.5, 0.6) is 0 Å². The van der Waals surface area contributed by atoms with E-state index in [-0.39, 0.29) is 11.9 Å². The van der Waals surface area contributed by atoms with E-state index in [0.29, 0.717) is 0 Å². The standard InChI is InChI=1S/C12H19FN2/c1-3-4-5-6-12(14-2)10-7-8-15-9-11(10)13/h7-9,12,14H,3-6H2,1-2H3. The lowest BCUT2D eigenvalue weighted by atomic mass is 10.0. The van der Waals surface area contributed by atoms with Crippen LogP contribution in [0.4, 0.5) is 4.39 Å². The molecule has 0 bridgehead atoms. The van der Waals surface area contributed by atoms with Crippen LogP contribution in [0.1, 0.15) is 44.2 Å². The average Bonchev–Trinajstić information content (AvgIpc) is 2.26. The van der Waals surface area contributed by atoms with Crippen molar-refractivity contribution in [2.75, 3.05) is 7.05 Å². The molecule has 0 aliphatic heterocycles. The van der Waals surface area contributed by atoms with Gasteiger partial charge in [-0.3, -0.25) is 4.98 Å². The first-order chi connectivity index (χ1) is 7.29. The summed E-state index contributed by atoms with van der Waals surface area (Å²) in [5.41, 5.74) is 0.726. The number of pyridine rings is 1. The fourth-order valence-corrected chi connectivity index (χ4v) is 1.72. The van der Waals surface area contributed by atoms with Crippen LogP contribution in [0, 0.1) is 5.82 Å². The first-order valence-electron chi connectivity index (χ1n) is 5.56. The maximum absolute atomic E-state index is 13.4. The van der Waals surface area contributed by atoms with Gasteiger partial charge in [-0.2, -0.15) is 0 Å². The molecule has 0 radical (unpaired) electrons. The molecule has 0 saturated carbocycles. The Morgan fingerprint density at radius 1 is 1.47 bits per heavy atom. The Hall–Kier alpha value is -0.960. The third-order valence-electron chi connectivity index (χ3n) is 2.62. The molecule has 0 fully saturated rings. The molecule has 1 unspecified atom stereocenters. The summed E-state index contributed by atoms with van der Waals surface area (Å²) in [6, 6.07) is 1.86. The molecule has 15 heavy (non-hydrogen) atoms. The molecule has 0 aliphatic rings. The number of halogens is 1. The monoisotopic (exact) mass is 210 g/mol. The molecule has 3 heteroatoms. The number of hydrogen-bond donors (Lipinski definition) is 1. The fraction of sp³-hybridized carbons (Fsp3) is 0.583. The van der Waals surface area contributed by atoms with Gasteiger partial charge in [-0.15, -0.1) is 0 Å². The van der Waals surface area contributed by atoms with Crippen LogP contribution >= 0.6 is 0 Å². The summed E-state index contributed by atoms with van der Waals surface area (Å²) in [6.45, 7) is 2.17. The highest BCUT2D eigenvalue weighted by Crippen LogP contribution is 2.21. The van der Waals surface area contributed by atoms with Crippen LogP contribution in [0.25, 0.3) is 0 Å². The lowest BCUT2D eigenvalue weighted by Crippen LogP contribution is -2.17. The van der Waals surface area contributed by atoms with Gasteiger partial charge >= 0.3 is 0 Å². The first kappa shape index (κ1) is 12.1. The lowest BCUT2D eigenvalue weighted by Gasteiger charge is -2.16. The SMILES string of the molecule is CCCCCC(NC)c1ccncc1F. The number of nitrogens with one attached hydrogen (secondary N) is 1. The molecule has 1 rings (SSSR count). The van der Waals surface area contributed by atoms with Gasteiger partial charge in [-0.05, 0) is 19.5 Å². The van der Waals surface area contributed by atoms with Crippen molar-refractivity contribution in [1.82, 2.24) is 10.3 Å². The molecular weight excluding hydrogens is 191 g/mol. The summed E-state index contributed by atoms with van der Waals surface area (Å²) in [5.74, 6) is -0.214. The lowest BCUT2D eigenvalue weighted by molar-refractivity contribution is 0.483. The highest BCUT2D eigenvalue weighted by molar-refractivity contribution is 5.17. The Labute approximate surface area is 90.9 Å². The van der Waals surface area contributed by atoms with Gasteiger partial charge in [0.25, 0.3) is 0 Å². The third kappa shape index (κ3) is 3.59. The summed E-state index contributed by atoms with van der Waals surface area (Å²) in [7, 11) is 1.87. The Morgan fingerprint density at radius 2 is 2.27 bits per heavy atom. The topological polar surface area (TPSA) is 24.9 Å². The Bertz CT molecular complexity index is 289. The Morgan fingerprint density at radius 3 is 2.87 bits per heavy atom. The van der Waals surface area contributed by atoms with Gasteiger partial charge in [0.1, 0.15) is 5.82 Å². The van der Waals surface area contributed by atoms with Gasteiger partial charge in [-0.25, -0.2) is 4.39 Å². The summed E-state index contributed by atoms with van der Waals surface area (Å²) in [5, 5.41) is 3.15. The van der Waals surface area contributed by atoms with Crippen molar-refractivity contribution in [3.8, 4) is 0 Å². The number of rotatable bonds is 6. The van der Waals surface area contributed by atoms with E-state index in [0.717, 1.165) is 18.4 Å². The molecule has 0 aliphatic carbocycles. The van der Waals surface area contributed by atoms with Crippen LogP contribution in [0.3, 0.4) is 0 Å². The summed E-state index contributed by atoms with van der Waals surface area (Å²) >= 11 is 0. The molecule has 1 atom stereocenters. The Balaban J connectivity index is 2.61. The average molecular weight is 210 g/mol. The van der Waals surface area contributed by atoms with Crippen molar-refractivity contribution in [2.24, 2.45) is 0 Å². The van der Waals surface area contributed by atoms with Crippen LogP contribution in [0.15, 0.2) is 18.5 Å². The second kappa shape index (κ2) is 6.51. The second-order valence-electron chi connectivity index (χ2n) is 3.73. The van der Waals surface area contributed by atoms with Crippen molar-refractivity contribution < 1.29 is 4.39 Å². The van der Waals surface area contributed by atoms with E-state index < -0.39 is 0 Å². The van der Waals surface area contributed by atoms with Crippen molar-refractivity contribution >= 4 is 0 Å². The molecule has 0 amide bonds. The van der Waals surface area contributed by atoms with E-state index in [2.05, 4.69) is 17.2 Å². The fourth-order valence-electron chi connectivity index (χ4n) is 1.72. The molecule has 2 nitrogen and oxygen atoms in total. The van der Waals surface area contributed by atoms with Crippen LogP contribution < -0.4 is 5.32 Å². The van der Waals surface area contributed by atoms with Gasteiger partial charge in [-0.1, -0.05) is 26.2 Å². The molecule has 84 valence electrons. The molecule has 1 aromatic heterocycles. The highest BCUT2D eigenvalue weighted by atomic mass is 19.1. The van der Waals surface area contributed by atoms with E-state index in [1.54, 1.807) is 12.3 Å². The zero-order valence-electron chi connectivity index (χ0n) is 9.46. The van der Waals surface area contributed by atoms with Crippen LogP contribution in [-0.4, -0.2) is 12.0 Å². The van der Waals surface area contributed by atoms with E-state index in [1.165, 1.54) is 19.0 Å². The quantitative estimate of drug-likeness (QED) is 0.730. The van der Waals surface area contributed by atoms with Gasteiger partial charge in [0.15, 0.2) is 0 Å². The minimum atomic E-state index is -0.214. The van der Waals surface area contributed by atoms with Crippen molar-refractivity contribution in [3.05, 3.63) is 29.8 Å². The summed E-state index contributed by atoms with van der Waals surface area (Å²) < 4.78 is 13.4. The Kier molecular flexibility index (Phi) is 5.26. The number of aromatic nitrogens is 1. The molecule has 0 aromatic carbocycles. The predicted octanol–water partition coefficient (Wildman–Crippen LogP) is 3.06. The molecule has 1 aromatic rings. The van der Waals surface area contributed by atoms with Gasteiger partial charge < -0.3 is 5.32 Å². The largest absolute Gasteiger partial charge is 0.313 e. The highest BCUT2D eigenvalue weighted by Gasteiger charge is 2.12. The molecule has 1 N–H and O–H groups in total. The second-order valence-corrected chi connectivity index (χ2v) is 3.73. The number of unbranched alkanes of at least 4 members (excludes halogenated alkanes) is 2. The minimum Gasteiger partial charge on any atom is -0.313 e. The summed E-state index contributed by atoms with van der Waals surface area (Å²) in [6.07, 6.45) is 7.41. The minimum absolute atomic E-state index is 0.111. The van der Waals surface area contributed by atoms with Crippen molar-refractivity contribution in [2.45, 2.75) is 38.6 Å². The summed E-state index contributed by atoms with van der Waals surface area (Å²) in [4.78, 5) is 3.76. The van der Waals surface area contributed by atoms with E-state index in [4.69, 9.17) is 0 Å². The predicted molar refractivity (Wildman–Crippen MR) is 60.1 cm³/mol. The number of hydrogen-bond acceptors (Lipinski definition) is 2. The zero-order valence-corrected chi connectivity index (χ0v) is 9.46. The molecule has 1 heterocycles. The third-order valence-corrected chi connectivity index (χ3v) is 2.62. The zero-order chi connectivity index (χ0) is 11.1. The van der Waals surface area contributed by atoms with Gasteiger partial charge in [0.05, 0.1) is 6.20 Å². The van der Waals surface area contributed by atoms with Crippen LogP contribution in [-0.2, 0) is 0 Å². The normalized spacial score (nSPS) is 12.7.